The summed E-state index contributed by atoms with van der Waals surface area (Å²) < 4.78 is 4.83. The molecule has 0 aromatic carbocycles. The van der Waals surface area contributed by atoms with Gasteiger partial charge in [0.15, 0.2) is 0 Å². The molecule has 1 aliphatic heterocycles. The van der Waals surface area contributed by atoms with Crippen LogP contribution < -0.4 is 5.73 Å². The van der Waals surface area contributed by atoms with E-state index in [0.29, 0.717) is 26.2 Å². The monoisotopic (exact) mass is 245 g/mol. The van der Waals surface area contributed by atoms with Crippen LogP contribution >= 0.6 is 0 Å². The van der Waals surface area contributed by atoms with Crippen LogP contribution in [-0.2, 0) is 14.3 Å². The van der Waals surface area contributed by atoms with Crippen molar-refractivity contribution in [3.63, 3.8) is 0 Å². The quantitative estimate of drug-likeness (QED) is 0.592. The Morgan fingerprint density at radius 1 is 1.35 bits per heavy atom. The number of nitrogens with two attached hydrogens (primary N) is 1. The van der Waals surface area contributed by atoms with Gasteiger partial charge in [-0.1, -0.05) is 0 Å². The van der Waals surface area contributed by atoms with Gasteiger partial charge in [-0.3, -0.25) is 14.5 Å². The number of carboxylic acids is 1. The van der Waals surface area contributed by atoms with Gasteiger partial charge in [0.25, 0.3) is 0 Å². The molecular weight excluding hydrogens is 226 g/mol. The molecule has 0 aromatic heterocycles. The molecule has 1 rings (SSSR count). The molecule has 0 aromatic rings. The molecule has 1 heterocycles. The van der Waals surface area contributed by atoms with E-state index < -0.39 is 12.0 Å². The molecule has 0 bridgehead atoms. The molecular formula is C10H19N3O4. The lowest BCUT2D eigenvalue weighted by Gasteiger charge is -2.34. The van der Waals surface area contributed by atoms with Gasteiger partial charge in [-0.2, -0.15) is 0 Å². The molecule has 0 radical (unpaired) electrons. The summed E-state index contributed by atoms with van der Waals surface area (Å²) >= 11 is 0. The maximum absolute atomic E-state index is 11.8. The third-order valence-electron chi connectivity index (χ3n) is 2.71. The molecule has 3 N–H and O–H groups in total. The van der Waals surface area contributed by atoms with Crippen molar-refractivity contribution < 1.29 is 19.4 Å². The van der Waals surface area contributed by atoms with Crippen LogP contribution in [0, 0.1) is 0 Å². The van der Waals surface area contributed by atoms with Gasteiger partial charge in [-0.05, 0) is 0 Å². The molecule has 1 saturated heterocycles. The second-order valence-corrected chi connectivity index (χ2v) is 4.06. The maximum atomic E-state index is 11.8. The lowest BCUT2D eigenvalue weighted by molar-refractivity contribution is -0.139. The predicted octanol–water partition coefficient (Wildman–Crippen LogP) is -1.81. The average molecular weight is 245 g/mol. The van der Waals surface area contributed by atoms with E-state index in [0.717, 1.165) is 0 Å². The van der Waals surface area contributed by atoms with Crippen LogP contribution in [0.2, 0.25) is 0 Å². The number of nitrogens with zero attached hydrogens (tertiary/aromatic N) is 2. The van der Waals surface area contributed by atoms with E-state index in [1.807, 2.05) is 0 Å². The summed E-state index contributed by atoms with van der Waals surface area (Å²) in [5.41, 5.74) is 5.65. The SMILES string of the molecule is COCC(N)C(=O)N1CCN(CC(=O)O)CC1. The van der Waals surface area contributed by atoms with Crippen molar-refractivity contribution in [2.45, 2.75) is 6.04 Å². The van der Waals surface area contributed by atoms with Crippen molar-refractivity contribution in [3.05, 3.63) is 0 Å². The van der Waals surface area contributed by atoms with Gasteiger partial charge in [0, 0.05) is 33.3 Å². The first-order valence-electron chi connectivity index (χ1n) is 5.52. The molecule has 1 amide bonds. The highest BCUT2D eigenvalue weighted by molar-refractivity contribution is 5.82. The summed E-state index contributed by atoms with van der Waals surface area (Å²) in [6.45, 7) is 2.39. The Kier molecular flexibility index (Phi) is 5.33. The lowest BCUT2D eigenvalue weighted by atomic mass is 10.2. The Labute approximate surface area is 100 Å². The van der Waals surface area contributed by atoms with E-state index in [1.165, 1.54) is 7.11 Å². The highest BCUT2D eigenvalue weighted by Gasteiger charge is 2.25. The summed E-state index contributed by atoms with van der Waals surface area (Å²) in [6.07, 6.45) is 0. The number of carboxylic acid groups (broad SMARTS) is 1. The summed E-state index contributed by atoms with van der Waals surface area (Å²) in [5, 5.41) is 8.64. The molecule has 17 heavy (non-hydrogen) atoms. The van der Waals surface area contributed by atoms with Crippen molar-refractivity contribution in [1.29, 1.82) is 0 Å². The van der Waals surface area contributed by atoms with Crippen LogP contribution in [0.5, 0.6) is 0 Å². The summed E-state index contributed by atoms with van der Waals surface area (Å²) in [5.74, 6) is -0.984. The Morgan fingerprint density at radius 2 is 1.94 bits per heavy atom. The molecule has 7 heteroatoms. The van der Waals surface area contributed by atoms with Crippen LogP contribution in [0.4, 0.5) is 0 Å². The third kappa shape index (κ3) is 4.29. The number of methoxy groups -OCH3 is 1. The molecule has 1 unspecified atom stereocenters. The van der Waals surface area contributed by atoms with Gasteiger partial charge in [-0.25, -0.2) is 0 Å². The molecule has 1 aliphatic rings. The first kappa shape index (κ1) is 13.9. The van der Waals surface area contributed by atoms with Gasteiger partial charge < -0.3 is 20.5 Å². The maximum Gasteiger partial charge on any atom is 0.317 e. The van der Waals surface area contributed by atoms with E-state index in [1.54, 1.807) is 9.80 Å². The summed E-state index contributed by atoms with van der Waals surface area (Å²) in [7, 11) is 1.50. The Balaban J connectivity index is 2.35. The van der Waals surface area contributed by atoms with E-state index in [9.17, 15) is 9.59 Å². The third-order valence-corrected chi connectivity index (χ3v) is 2.71. The van der Waals surface area contributed by atoms with Crippen molar-refractivity contribution in [3.8, 4) is 0 Å². The number of aliphatic carboxylic acids is 1. The second kappa shape index (κ2) is 6.53. The van der Waals surface area contributed by atoms with Crippen LogP contribution in [0.1, 0.15) is 0 Å². The Hall–Kier alpha value is -1.18. The molecule has 1 atom stereocenters. The summed E-state index contributed by atoms with van der Waals surface area (Å²) in [4.78, 5) is 25.8. The largest absolute Gasteiger partial charge is 0.480 e. The zero-order valence-electron chi connectivity index (χ0n) is 9.96. The predicted molar refractivity (Wildman–Crippen MR) is 60.5 cm³/mol. The molecule has 0 aliphatic carbocycles. The van der Waals surface area contributed by atoms with E-state index in [2.05, 4.69) is 0 Å². The first-order valence-corrected chi connectivity index (χ1v) is 5.52. The minimum Gasteiger partial charge on any atom is -0.480 e. The summed E-state index contributed by atoms with van der Waals surface area (Å²) in [6, 6.07) is -0.633. The normalized spacial score (nSPS) is 19.1. The van der Waals surface area contributed by atoms with Crippen LogP contribution in [0.25, 0.3) is 0 Å². The first-order chi connectivity index (χ1) is 8.04. The second-order valence-electron chi connectivity index (χ2n) is 4.06. The number of ether oxygens (including phenoxy) is 1. The van der Waals surface area contributed by atoms with Crippen LogP contribution in [0.3, 0.4) is 0 Å². The van der Waals surface area contributed by atoms with E-state index in [4.69, 9.17) is 15.6 Å². The van der Waals surface area contributed by atoms with Gasteiger partial charge in [-0.15, -0.1) is 0 Å². The molecule has 7 nitrogen and oxygen atoms in total. The van der Waals surface area contributed by atoms with Crippen molar-refractivity contribution in [2.75, 3.05) is 46.4 Å². The van der Waals surface area contributed by atoms with Gasteiger partial charge in [0.05, 0.1) is 13.2 Å². The minimum atomic E-state index is -0.846. The number of carbonyl (C=O) groups is 2. The fourth-order valence-corrected chi connectivity index (χ4v) is 1.80. The number of amides is 1. The zero-order valence-corrected chi connectivity index (χ0v) is 9.96. The molecule has 1 fully saturated rings. The zero-order chi connectivity index (χ0) is 12.8. The Morgan fingerprint density at radius 3 is 2.41 bits per heavy atom. The fourth-order valence-electron chi connectivity index (χ4n) is 1.80. The molecule has 98 valence electrons. The lowest BCUT2D eigenvalue weighted by Crippen LogP contribution is -2.54. The van der Waals surface area contributed by atoms with Gasteiger partial charge in [0.2, 0.25) is 5.91 Å². The fraction of sp³-hybridized carbons (Fsp3) is 0.800. The smallest absolute Gasteiger partial charge is 0.317 e. The number of rotatable bonds is 5. The number of piperazine rings is 1. The standard InChI is InChI=1S/C10H19N3O4/c1-17-7-8(11)10(16)13-4-2-12(3-5-13)6-9(14)15/h8H,2-7,11H2,1H3,(H,14,15). The highest BCUT2D eigenvalue weighted by atomic mass is 16.5. The van der Waals surface area contributed by atoms with Crippen molar-refractivity contribution in [2.24, 2.45) is 5.73 Å². The molecule has 0 saturated carbocycles. The topological polar surface area (TPSA) is 96.1 Å². The minimum absolute atomic E-state index is 0.0200. The van der Waals surface area contributed by atoms with Gasteiger partial charge >= 0.3 is 5.97 Å². The average Bonchev–Trinajstić information content (AvgIpc) is 2.28. The van der Waals surface area contributed by atoms with Crippen molar-refractivity contribution in [1.82, 2.24) is 9.80 Å². The van der Waals surface area contributed by atoms with Crippen LogP contribution in [0.15, 0.2) is 0 Å². The number of carbonyl (C=O) groups excluding carboxylic acids is 1. The van der Waals surface area contributed by atoms with E-state index >= 15 is 0 Å². The Bertz CT molecular complexity index is 277. The van der Waals surface area contributed by atoms with E-state index in [-0.39, 0.29) is 19.1 Å². The van der Waals surface area contributed by atoms with Crippen LogP contribution in [-0.4, -0.2) is 79.3 Å². The number of hydrogen-bond donors (Lipinski definition) is 2. The van der Waals surface area contributed by atoms with Crippen molar-refractivity contribution >= 4 is 11.9 Å². The number of hydrogen-bond acceptors (Lipinski definition) is 5. The molecule has 0 spiro atoms. The van der Waals surface area contributed by atoms with Gasteiger partial charge in [0.1, 0.15) is 6.04 Å². The highest BCUT2D eigenvalue weighted by Crippen LogP contribution is 2.03.